The van der Waals surface area contributed by atoms with E-state index in [0.29, 0.717) is 6.61 Å². The summed E-state index contributed by atoms with van der Waals surface area (Å²) in [5.41, 5.74) is 3.53. The molecule has 0 heterocycles. The van der Waals surface area contributed by atoms with Gasteiger partial charge >= 0.3 is 0 Å². The third-order valence-corrected chi connectivity index (χ3v) is 4.06. The first-order chi connectivity index (χ1) is 12.1. The van der Waals surface area contributed by atoms with Crippen LogP contribution in [-0.2, 0) is 13.2 Å². The molecule has 0 spiro atoms. The molecule has 0 fully saturated rings. The molecule has 0 saturated carbocycles. The van der Waals surface area contributed by atoms with Gasteiger partial charge in [0.05, 0.1) is 7.11 Å². The highest BCUT2D eigenvalue weighted by molar-refractivity contribution is 5.85. The van der Waals surface area contributed by atoms with Gasteiger partial charge < -0.3 is 19.7 Å². The van der Waals surface area contributed by atoms with E-state index in [-0.39, 0.29) is 24.8 Å². The normalized spacial score (nSPS) is 10.1. The third kappa shape index (κ3) is 8.85. The zero-order chi connectivity index (χ0) is 18.1. The van der Waals surface area contributed by atoms with Gasteiger partial charge in [0.1, 0.15) is 6.61 Å². The van der Waals surface area contributed by atoms with E-state index in [4.69, 9.17) is 9.47 Å². The van der Waals surface area contributed by atoms with Gasteiger partial charge in [0.25, 0.3) is 0 Å². The SMILES string of the molecule is COc1cccc(CNCCCN(C)C)c1OCc1ccc(C)cc1.Cl.Cl. The summed E-state index contributed by atoms with van der Waals surface area (Å²) in [6.07, 6.45) is 1.12. The lowest BCUT2D eigenvalue weighted by Crippen LogP contribution is -2.21. The fraction of sp³-hybridized carbons (Fsp3) is 0.429. The molecule has 0 aliphatic heterocycles. The Bertz CT molecular complexity index is 649. The highest BCUT2D eigenvalue weighted by atomic mass is 35.5. The van der Waals surface area contributed by atoms with Crippen molar-refractivity contribution < 1.29 is 9.47 Å². The average Bonchev–Trinajstić information content (AvgIpc) is 2.61. The van der Waals surface area contributed by atoms with Crippen LogP contribution in [0, 0.1) is 6.92 Å². The number of halogens is 2. The monoisotopic (exact) mass is 414 g/mol. The smallest absolute Gasteiger partial charge is 0.166 e. The van der Waals surface area contributed by atoms with Crippen molar-refractivity contribution in [2.75, 3.05) is 34.3 Å². The molecule has 152 valence electrons. The molecule has 2 rings (SSSR count). The van der Waals surface area contributed by atoms with E-state index in [1.54, 1.807) is 7.11 Å². The maximum Gasteiger partial charge on any atom is 0.166 e. The van der Waals surface area contributed by atoms with Crippen LogP contribution in [0.2, 0.25) is 0 Å². The molecule has 0 unspecified atom stereocenters. The number of rotatable bonds is 10. The molecular weight excluding hydrogens is 383 g/mol. The summed E-state index contributed by atoms with van der Waals surface area (Å²) in [6, 6.07) is 14.5. The van der Waals surface area contributed by atoms with Crippen LogP contribution in [-0.4, -0.2) is 39.2 Å². The number of methoxy groups -OCH3 is 1. The summed E-state index contributed by atoms with van der Waals surface area (Å²) in [4.78, 5) is 2.20. The predicted octanol–water partition coefficient (Wildman–Crippen LogP) is 4.47. The van der Waals surface area contributed by atoms with Crippen molar-refractivity contribution in [2.24, 2.45) is 0 Å². The van der Waals surface area contributed by atoms with Crippen molar-refractivity contribution in [3.8, 4) is 11.5 Å². The molecule has 2 aromatic carbocycles. The van der Waals surface area contributed by atoms with Crippen LogP contribution in [0.5, 0.6) is 11.5 Å². The number of para-hydroxylation sites is 1. The first kappa shape index (κ1) is 25.5. The minimum absolute atomic E-state index is 0. The van der Waals surface area contributed by atoms with E-state index in [1.807, 2.05) is 12.1 Å². The van der Waals surface area contributed by atoms with E-state index in [9.17, 15) is 0 Å². The van der Waals surface area contributed by atoms with Crippen LogP contribution in [0.25, 0.3) is 0 Å². The molecule has 27 heavy (non-hydrogen) atoms. The molecule has 0 saturated heterocycles. The lowest BCUT2D eigenvalue weighted by Gasteiger charge is -2.16. The van der Waals surface area contributed by atoms with Crippen molar-refractivity contribution in [2.45, 2.75) is 26.5 Å². The topological polar surface area (TPSA) is 33.7 Å². The largest absolute Gasteiger partial charge is 0.493 e. The molecule has 0 aliphatic rings. The van der Waals surface area contributed by atoms with Crippen molar-refractivity contribution in [3.05, 3.63) is 59.2 Å². The van der Waals surface area contributed by atoms with Crippen LogP contribution >= 0.6 is 24.8 Å². The van der Waals surface area contributed by atoms with Gasteiger partial charge in [0.2, 0.25) is 0 Å². The second-order valence-electron chi connectivity index (χ2n) is 6.56. The van der Waals surface area contributed by atoms with Crippen LogP contribution in [0.4, 0.5) is 0 Å². The second kappa shape index (κ2) is 13.7. The zero-order valence-electron chi connectivity index (χ0n) is 16.7. The maximum absolute atomic E-state index is 6.11. The number of hydrogen-bond donors (Lipinski definition) is 1. The first-order valence-electron chi connectivity index (χ1n) is 8.80. The molecule has 4 nitrogen and oxygen atoms in total. The van der Waals surface area contributed by atoms with E-state index in [1.165, 1.54) is 5.56 Å². The molecular formula is C21H32Cl2N2O2. The zero-order valence-corrected chi connectivity index (χ0v) is 18.3. The van der Waals surface area contributed by atoms with E-state index in [2.05, 4.69) is 61.6 Å². The number of nitrogens with zero attached hydrogens (tertiary/aromatic N) is 1. The Labute approximate surface area is 176 Å². The van der Waals surface area contributed by atoms with Gasteiger partial charge in [0.15, 0.2) is 11.5 Å². The van der Waals surface area contributed by atoms with Crippen molar-refractivity contribution >= 4 is 24.8 Å². The van der Waals surface area contributed by atoms with Crippen LogP contribution in [0.3, 0.4) is 0 Å². The summed E-state index contributed by atoms with van der Waals surface area (Å²) >= 11 is 0. The highest BCUT2D eigenvalue weighted by Gasteiger charge is 2.10. The standard InChI is InChI=1S/C21H30N2O2.2ClH/c1-17-9-11-18(12-10-17)16-25-21-19(7-5-8-20(21)24-4)15-22-13-6-14-23(2)3;;/h5,7-12,22H,6,13-16H2,1-4H3;2*1H. The minimum atomic E-state index is 0. The molecule has 1 N–H and O–H groups in total. The fourth-order valence-electron chi connectivity index (χ4n) is 2.61. The fourth-order valence-corrected chi connectivity index (χ4v) is 2.61. The number of nitrogens with one attached hydrogen (secondary N) is 1. The van der Waals surface area contributed by atoms with Gasteiger partial charge in [-0.05, 0) is 52.2 Å². The predicted molar refractivity (Wildman–Crippen MR) is 118 cm³/mol. The third-order valence-electron chi connectivity index (χ3n) is 4.06. The summed E-state index contributed by atoms with van der Waals surface area (Å²) in [6.45, 7) is 5.46. The molecule has 0 bridgehead atoms. The van der Waals surface area contributed by atoms with Gasteiger partial charge in [0, 0.05) is 12.1 Å². The number of ether oxygens (including phenoxy) is 2. The van der Waals surface area contributed by atoms with Gasteiger partial charge in [-0.3, -0.25) is 0 Å². The lowest BCUT2D eigenvalue weighted by atomic mass is 10.1. The van der Waals surface area contributed by atoms with E-state index < -0.39 is 0 Å². The maximum atomic E-state index is 6.11. The Balaban J connectivity index is 0.00000338. The van der Waals surface area contributed by atoms with Crippen molar-refractivity contribution in [1.29, 1.82) is 0 Å². The van der Waals surface area contributed by atoms with Crippen LogP contribution in [0.15, 0.2) is 42.5 Å². The van der Waals surface area contributed by atoms with Gasteiger partial charge in [-0.25, -0.2) is 0 Å². The van der Waals surface area contributed by atoms with E-state index >= 15 is 0 Å². The van der Waals surface area contributed by atoms with Gasteiger partial charge in [-0.1, -0.05) is 42.0 Å². The van der Waals surface area contributed by atoms with Gasteiger partial charge in [-0.2, -0.15) is 0 Å². The molecule has 0 radical (unpaired) electrons. The Morgan fingerprint density at radius 3 is 2.33 bits per heavy atom. The van der Waals surface area contributed by atoms with Crippen molar-refractivity contribution in [1.82, 2.24) is 10.2 Å². The Morgan fingerprint density at radius 2 is 1.70 bits per heavy atom. The lowest BCUT2D eigenvalue weighted by molar-refractivity contribution is 0.280. The number of benzene rings is 2. The Kier molecular flexibility index (Phi) is 12.9. The molecule has 0 aliphatic carbocycles. The quantitative estimate of drug-likeness (QED) is 0.581. The van der Waals surface area contributed by atoms with E-state index in [0.717, 1.165) is 48.7 Å². The minimum Gasteiger partial charge on any atom is -0.493 e. The summed E-state index contributed by atoms with van der Waals surface area (Å²) in [7, 11) is 5.88. The molecule has 0 aromatic heterocycles. The first-order valence-corrected chi connectivity index (χ1v) is 8.80. The summed E-state index contributed by atoms with van der Waals surface area (Å²) < 4.78 is 11.6. The molecule has 2 aromatic rings. The Morgan fingerprint density at radius 1 is 1.00 bits per heavy atom. The number of aryl methyl sites for hydroxylation is 1. The Hall–Kier alpha value is -1.46. The van der Waals surface area contributed by atoms with Crippen molar-refractivity contribution in [3.63, 3.8) is 0 Å². The van der Waals surface area contributed by atoms with Gasteiger partial charge in [-0.15, -0.1) is 24.8 Å². The van der Waals surface area contributed by atoms with Crippen LogP contribution in [0.1, 0.15) is 23.1 Å². The summed E-state index contributed by atoms with van der Waals surface area (Å²) in [5, 5.41) is 3.49. The second-order valence-corrected chi connectivity index (χ2v) is 6.56. The molecule has 6 heteroatoms. The average molecular weight is 415 g/mol. The number of hydrogen-bond acceptors (Lipinski definition) is 4. The summed E-state index contributed by atoms with van der Waals surface area (Å²) in [5.74, 6) is 1.60. The molecule has 0 atom stereocenters. The highest BCUT2D eigenvalue weighted by Crippen LogP contribution is 2.31. The molecule has 0 amide bonds. The van der Waals surface area contributed by atoms with Crippen LogP contribution < -0.4 is 14.8 Å².